The molecule has 23 heavy (non-hydrogen) atoms. The first-order valence-electron chi connectivity index (χ1n) is 9.34. The molecule has 3 heteroatoms. The van der Waals surface area contributed by atoms with E-state index in [0.717, 1.165) is 25.7 Å². The lowest BCUT2D eigenvalue weighted by atomic mass is 10.1. The number of aliphatic hydroxyl groups excluding tert-OH is 1. The Bertz CT molecular complexity index is 321. The molecule has 0 aromatic rings. The molecule has 0 fully saturated rings. The van der Waals surface area contributed by atoms with Crippen LogP contribution in [0.4, 0.5) is 0 Å². The quantitative estimate of drug-likeness (QED) is 0.251. The third kappa shape index (κ3) is 17.1. The summed E-state index contributed by atoms with van der Waals surface area (Å²) in [7, 11) is 0. The van der Waals surface area contributed by atoms with Crippen molar-refractivity contribution >= 4 is 5.97 Å². The van der Waals surface area contributed by atoms with E-state index in [4.69, 9.17) is 4.74 Å². The van der Waals surface area contributed by atoms with Gasteiger partial charge in [-0.05, 0) is 38.5 Å². The second kappa shape index (κ2) is 17.3. The van der Waals surface area contributed by atoms with Gasteiger partial charge in [0.05, 0.1) is 6.10 Å². The molecule has 1 N–H and O–H groups in total. The Morgan fingerprint density at radius 1 is 0.957 bits per heavy atom. The molecule has 1 unspecified atom stereocenters. The zero-order valence-electron chi connectivity index (χ0n) is 15.1. The number of hydrogen-bond acceptors (Lipinski definition) is 3. The topological polar surface area (TPSA) is 46.5 Å². The van der Waals surface area contributed by atoms with Crippen molar-refractivity contribution in [3.8, 4) is 0 Å². The standard InChI is InChI=1S/C20H36O3/c1-3-5-6-7-8-9-10-11-12-13-14-15-16-17-20(22)23-18-19(21)4-2/h6-7,9-10,19,21H,3-5,8,11-18H2,1-2H3/b7-6-,10-9-. The number of esters is 1. The van der Waals surface area contributed by atoms with Crippen molar-refractivity contribution in [3.63, 3.8) is 0 Å². The van der Waals surface area contributed by atoms with Crippen LogP contribution in [-0.2, 0) is 9.53 Å². The highest BCUT2D eigenvalue weighted by molar-refractivity contribution is 5.69. The number of allylic oxidation sites excluding steroid dienone is 4. The second-order valence-electron chi connectivity index (χ2n) is 6.02. The summed E-state index contributed by atoms with van der Waals surface area (Å²) in [6.07, 6.45) is 19.8. The Morgan fingerprint density at radius 2 is 1.61 bits per heavy atom. The van der Waals surface area contributed by atoms with Gasteiger partial charge in [-0.25, -0.2) is 0 Å². The largest absolute Gasteiger partial charge is 0.463 e. The maximum absolute atomic E-state index is 11.4. The molecule has 0 radical (unpaired) electrons. The van der Waals surface area contributed by atoms with Gasteiger partial charge < -0.3 is 9.84 Å². The van der Waals surface area contributed by atoms with Crippen LogP contribution in [0.3, 0.4) is 0 Å². The number of carbonyl (C=O) groups excluding carboxylic acids is 1. The van der Waals surface area contributed by atoms with E-state index in [1.165, 1.54) is 32.1 Å². The number of aliphatic hydroxyl groups is 1. The Morgan fingerprint density at radius 3 is 2.30 bits per heavy atom. The van der Waals surface area contributed by atoms with Crippen LogP contribution in [-0.4, -0.2) is 23.8 Å². The summed E-state index contributed by atoms with van der Waals surface area (Å²) in [5, 5.41) is 9.30. The SMILES string of the molecule is CCC/C=C\C/C=C\CCCCCCCC(=O)OCC(O)CC. The van der Waals surface area contributed by atoms with Gasteiger partial charge in [-0.1, -0.05) is 63.8 Å². The number of carbonyl (C=O) groups is 1. The van der Waals surface area contributed by atoms with Crippen LogP contribution in [0.15, 0.2) is 24.3 Å². The van der Waals surface area contributed by atoms with Gasteiger partial charge in [-0.15, -0.1) is 0 Å². The van der Waals surface area contributed by atoms with Gasteiger partial charge >= 0.3 is 5.97 Å². The van der Waals surface area contributed by atoms with Crippen LogP contribution in [0.2, 0.25) is 0 Å². The van der Waals surface area contributed by atoms with E-state index in [-0.39, 0.29) is 12.6 Å². The molecule has 0 spiro atoms. The first-order valence-corrected chi connectivity index (χ1v) is 9.34. The molecule has 0 bridgehead atoms. The van der Waals surface area contributed by atoms with Crippen LogP contribution in [0.25, 0.3) is 0 Å². The molecular formula is C20H36O3. The summed E-state index contributed by atoms with van der Waals surface area (Å²) >= 11 is 0. The lowest BCUT2D eigenvalue weighted by molar-refractivity contribution is -0.146. The highest BCUT2D eigenvalue weighted by Crippen LogP contribution is 2.08. The van der Waals surface area contributed by atoms with Gasteiger partial charge in [0, 0.05) is 6.42 Å². The minimum atomic E-state index is -0.519. The molecule has 0 rings (SSSR count). The van der Waals surface area contributed by atoms with Crippen molar-refractivity contribution < 1.29 is 14.6 Å². The summed E-state index contributed by atoms with van der Waals surface area (Å²) in [5.74, 6) is -0.184. The fourth-order valence-electron chi connectivity index (χ4n) is 2.11. The van der Waals surface area contributed by atoms with Crippen LogP contribution in [0, 0.1) is 0 Å². The average Bonchev–Trinajstić information content (AvgIpc) is 2.56. The molecule has 0 heterocycles. The molecule has 134 valence electrons. The van der Waals surface area contributed by atoms with Crippen LogP contribution in [0.1, 0.15) is 84.5 Å². The fourth-order valence-corrected chi connectivity index (χ4v) is 2.11. The second-order valence-corrected chi connectivity index (χ2v) is 6.02. The third-order valence-corrected chi connectivity index (χ3v) is 3.72. The van der Waals surface area contributed by atoms with Gasteiger partial charge in [0.2, 0.25) is 0 Å². The zero-order chi connectivity index (χ0) is 17.2. The molecule has 0 aromatic carbocycles. The smallest absolute Gasteiger partial charge is 0.305 e. The van der Waals surface area contributed by atoms with Gasteiger partial charge in [-0.2, -0.15) is 0 Å². The Kier molecular flexibility index (Phi) is 16.4. The number of rotatable bonds is 15. The number of unbranched alkanes of at least 4 members (excludes halogenated alkanes) is 6. The molecule has 3 nitrogen and oxygen atoms in total. The Balaban J connectivity index is 3.30. The van der Waals surface area contributed by atoms with Gasteiger partial charge in [0.25, 0.3) is 0 Å². The van der Waals surface area contributed by atoms with Crippen molar-refractivity contribution in [3.05, 3.63) is 24.3 Å². The molecule has 0 aliphatic carbocycles. The molecule has 1 atom stereocenters. The Hall–Kier alpha value is -1.09. The predicted molar refractivity (Wildman–Crippen MR) is 97.4 cm³/mol. The normalized spacial score (nSPS) is 13.0. The monoisotopic (exact) mass is 324 g/mol. The van der Waals surface area contributed by atoms with E-state index in [2.05, 4.69) is 31.2 Å². The van der Waals surface area contributed by atoms with Gasteiger partial charge in [0.1, 0.15) is 6.61 Å². The van der Waals surface area contributed by atoms with Crippen LogP contribution >= 0.6 is 0 Å². The van der Waals surface area contributed by atoms with Crippen molar-refractivity contribution in [1.82, 2.24) is 0 Å². The Labute approximate surface area is 142 Å². The fraction of sp³-hybridized carbons (Fsp3) is 0.750. The molecule has 0 aliphatic heterocycles. The average molecular weight is 325 g/mol. The summed E-state index contributed by atoms with van der Waals surface area (Å²) in [6, 6.07) is 0. The maximum Gasteiger partial charge on any atom is 0.305 e. The highest BCUT2D eigenvalue weighted by atomic mass is 16.5. The van der Waals surface area contributed by atoms with E-state index in [1.807, 2.05) is 6.92 Å². The van der Waals surface area contributed by atoms with E-state index in [9.17, 15) is 9.90 Å². The summed E-state index contributed by atoms with van der Waals surface area (Å²) in [5.41, 5.74) is 0. The summed E-state index contributed by atoms with van der Waals surface area (Å²) < 4.78 is 5.00. The molecule has 0 saturated heterocycles. The lowest BCUT2D eigenvalue weighted by Crippen LogP contribution is -2.17. The molecular weight excluding hydrogens is 288 g/mol. The minimum Gasteiger partial charge on any atom is -0.463 e. The van der Waals surface area contributed by atoms with Crippen molar-refractivity contribution in [2.45, 2.75) is 90.6 Å². The zero-order valence-corrected chi connectivity index (χ0v) is 15.1. The highest BCUT2D eigenvalue weighted by Gasteiger charge is 2.06. The van der Waals surface area contributed by atoms with Crippen LogP contribution < -0.4 is 0 Å². The molecule has 0 aromatic heterocycles. The number of hydrogen-bond donors (Lipinski definition) is 1. The van der Waals surface area contributed by atoms with E-state index in [1.54, 1.807) is 0 Å². The molecule has 0 amide bonds. The summed E-state index contributed by atoms with van der Waals surface area (Å²) in [6.45, 7) is 4.20. The van der Waals surface area contributed by atoms with E-state index >= 15 is 0 Å². The lowest BCUT2D eigenvalue weighted by Gasteiger charge is -2.08. The molecule has 0 saturated carbocycles. The molecule has 0 aliphatic rings. The first kappa shape index (κ1) is 21.9. The van der Waals surface area contributed by atoms with Crippen molar-refractivity contribution in [2.75, 3.05) is 6.61 Å². The van der Waals surface area contributed by atoms with Gasteiger partial charge in [0.15, 0.2) is 0 Å². The summed E-state index contributed by atoms with van der Waals surface area (Å²) in [4.78, 5) is 11.4. The van der Waals surface area contributed by atoms with Crippen molar-refractivity contribution in [1.29, 1.82) is 0 Å². The first-order chi connectivity index (χ1) is 11.2. The van der Waals surface area contributed by atoms with Crippen molar-refractivity contribution in [2.24, 2.45) is 0 Å². The van der Waals surface area contributed by atoms with E-state index in [0.29, 0.717) is 12.8 Å². The minimum absolute atomic E-state index is 0.134. The number of ether oxygens (including phenoxy) is 1. The third-order valence-electron chi connectivity index (χ3n) is 3.72. The maximum atomic E-state index is 11.4. The predicted octanol–water partition coefficient (Wildman–Crippen LogP) is 5.33. The van der Waals surface area contributed by atoms with E-state index < -0.39 is 6.10 Å². The van der Waals surface area contributed by atoms with Gasteiger partial charge in [-0.3, -0.25) is 4.79 Å². The van der Waals surface area contributed by atoms with Crippen LogP contribution in [0.5, 0.6) is 0 Å².